The topological polar surface area (TPSA) is 67.9 Å². The molecule has 6 heteroatoms. The van der Waals surface area contributed by atoms with E-state index >= 15 is 0 Å². The fraction of sp³-hybridized carbons (Fsp3) is 0.579. The molecule has 3 rings (SSSR count). The highest BCUT2D eigenvalue weighted by molar-refractivity contribution is 5.79. The molecule has 136 valence electrons. The lowest BCUT2D eigenvalue weighted by atomic mass is 9.95. The molecule has 6 nitrogen and oxygen atoms in total. The molecule has 25 heavy (non-hydrogen) atoms. The number of hydrogen-bond donors (Lipinski definition) is 1. The average Bonchev–Trinajstić information content (AvgIpc) is 2.62. The molecule has 0 radical (unpaired) electrons. The van der Waals surface area contributed by atoms with Crippen LogP contribution in [0.4, 0.5) is 0 Å². The summed E-state index contributed by atoms with van der Waals surface area (Å²) in [5.74, 6) is 1.78. The van der Waals surface area contributed by atoms with E-state index in [2.05, 4.69) is 5.32 Å². The fourth-order valence-corrected chi connectivity index (χ4v) is 3.42. The van der Waals surface area contributed by atoms with Crippen molar-refractivity contribution in [3.05, 3.63) is 23.3 Å². The van der Waals surface area contributed by atoms with Crippen LogP contribution in [0.15, 0.2) is 12.1 Å². The normalized spacial score (nSPS) is 17.3. The minimum absolute atomic E-state index is 0.0111. The molecular formula is C19H26N2O4. The van der Waals surface area contributed by atoms with E-state index in [1.165, 1.54) is 0 Å². The first kappa shape index (κ1) is 17.6. The fourth-order valence-electron chi connectivity index (χ4n) is 3.42. The van der Waals surface area contributed by atoms with Crippen molar-refractivity contribution >= 4 is 11.8 Å². The maximum atomic E-state index is 12.3. The van der Waals surface area contributed by atoms with Crippen LogP contribution in [-0.2, 0) is 16.0 Å². The first-order valence-corrected chi connectivity index (χ1v) is 8.97. The quantitative estimate of drug-likeness (QED) is 0.901. The summed E-state index contributed by atoms with van der Waals surface area (Å²) in [6.07, 6.45) is 2.25. The molecule has 0 aliphatic carbocycles. The van der Waals surface area contributed by atoms with Crippen molar-refractivity contribution in [3.63, 3.8) is 0 Å². The van der Waals surface area contributed by atoms with Crippen molar-refractivity contribution in [3.8, 4) is 11.5 Å². The van der Waals surface area contributed by atoms with Crippen LogP contribution in [0.2, 0.25) is 0 Å². The molecule has 0 aromatic heterocycles. The van der Waals surface area contributed by atoms with Gasteiger partial charge < -0.3 is 19.7 Å². The molecule has 1 N–H and O–H groups in total. The third-order valence-electron chi connectivity index (χ3n) is 5.01. The molecule has 0 atom stereocenters. The lowest BCUT2D eigenvalue weighted by Gasteiger charge is -2.30. The minimum atomic E-state index is 0.0111. The molecule has 1 fully saturated rings. The number of ether oxygens (including phenoxy) is 2. The Balaban J connectivity index is 1.48. The zero-order valence-corrected chi connectivity index (χ0v) is 15.0. The molecule has 2 aliphatic heterocycles. The molecule has 1 aromatic rings. The molecule has 2 aliphatic rings. The minimum Gasteiger partial charge on any atom is -0.486 e. The van der Waals surface area contributed by atoms with Crippen molar-refractivity contribution in [2.24, 2.45) is 5.92 Å². The van der Waals surface area contributed by atoms with Crippen LogP contribution in [0.25, 0.3) is 0 Å². The number of aryl methyl sites for hydroxylation is 1. The van der Waals surface area contributed by atoms with Gasteiger partial charge in [-0.15, -0.1) is 0 Å². The van der Waals surface area contributed by atoms with E-state index in [4.69, 9.17) is 9.47 Å². The number of piperidine rings is 1. The van der Waals surface area contributed by atoms with Gasteiger partial charge in [-0.2, -0.15) is 0 Å². The number of hydrogen-bond acceptors (Lipinski definition) is 4. The number of fused-ring (bicyclic) bond motifs is 1. The van der Waals surface area contributed by atoms with E-state index in [0.29, 0.717) is 32.8 Å². The van der Waals surface area contributed by atoms with Crippen LogP contribution >= 0.6 is 0 Å². The van der Waals surface area contributed by atoms with Crippen molar-refractivity contribution in [1.82, 2.24) is 10.2 Å². The summed E-state index contributed by atoms with van der Waals surface area (Å²) >= 11 is 0. The van der Waals surface area contributed by atoms with Gasteiger partial charge in [-0.05, 0) is 49.4 Å². The number of nitrogens with zero attached hydrogens (tertiary/aromatic N) is 1. The van der Waals surface area contributed by atoms with Gasteiger partial charge in [-0.25, -0.2) is 0 Å². The van der Waals surface area contributed by atoms with E-state index in [1.54, 1.807) is 6.92 Å². The van der Waals surface area contributed by atoms with Gasteiger partial charge in [0.2, 0.25) is 11.8 Å². The second-order valence-corrected chi connectivity index (χ2v) is 6.74. The number of likely N-dealkylation sites (tertiary alicyclic amines) is 1. The highest BCUT2D eigenvalue weighted by Crippen LogP contribution is 2.33. The van der Waals surface area contributed by atoms with Gasteiger partial charge >= 0.3 is 0 Å². The largest absolute Gasteiger partial charge is 0.486 e. The molecule has 0 bridgehead atoms. The second kappa shape index (κ2) is 7.76. The second-order valence-electron chi connectivity index (χ2n) is 6.74. The number of amides is 2. The van der Waals surface area contributed by atoms with Crippen molar-refractivity contribution in [2.45, 2.75) is 33.1 Å². The Morgan fingerprint density at radius 3 is 2.44 bits per heavy atom. The Labute approximate surface area is 148 Å². The van der Waals surface area contributed by atoms with Crippen molar-refractivity contribution < 1.29 is 19.1 Å². The third kappa shape index (κ3) is 4.24. The molecule has 0 saturated carbocycles. The average molecular weight is 346 g/mol. The van der Waals surface area contributed by atoms with E-state index in [-0.39, 0.29) is 17.7 Å². The predicted molar refractivity (Wildman–Crippen MR) is 93.9 cm³/mol. The Hall–Kier alpha value is -2.24. The predicted octanol–water partition coefficient (Wildman–Crippen LogP) is 1.68. The smallest absolute Gasteiger partial charge is 0.223 e. The Morgan fingerprint density at radius 1 is 1.16 bits per heavy atom. The van der Waals surface area contributed by atoms with Crippen LogP contribution in [0.3, 0.4) is 0 Å². The molecule has 2 amide bonds. The number of rotatable bonds is 4. The van der Waals surface area contributed by atoms with E-state index in [1.807, 2.05) is 24.0 Å². The van der Waals surface area contributed by atoms with E-state index in [9.17, 15) is 9.59 Å². The van der Waals surface area contributed by atoms with Gasteiger partial charge in [-0.3, -0.25) is 9.59 Å². The first-order chi connectivity index (χ1) is 12.0. The summed E-state index contributed by atoms with van der Waals surface area (Å²) in [6, 6.07) is 4.02. The molecule has 1 aromatic carbocycles. The van der Waals surface area contributed by atoms with Crippen molar-refractivity contribution in [2.75, 3.05) is 32.8 Å². The summed E-state index contributed by atoms with van der Waals surface area (Å²) in [5.41, 5.74) is 2.31. The van der Waals surface area contributed by atoms with Crippen molar-refractivity contribution in [1.29, 1.82) is 0 Å². The van der Waals surface area contributed by atoms with Gasteiger partial charge in [0.25, 0.3) is 0 Å². The van der Waals surface area contributed by atoms with Crippen LogP contribution in [-0.4, -0.2) is 49.6 Å². The van der Waals surface area contributed by atoms with Crippen LogP contribution in [0.1, 0.15) is 30.9 Å². The molecule has 0 unspecified atom stereocenters. The van der Waals surface area contributed by atoms with Crippen LogP contribution < -0.4 is 14.8 Å². The Bertz CT molecular complexity index is 651. The zero-order chi connectivity index (χ0) is 17.8. The van der Waals surface area contributed by atoms with Gasteiger partial charge in [0.05, 0.1) is 0 Å². The van der Waals surface area contributed by atoms with E-state index < -0.39 is 0 Å². The lowest BCUT2D eigenvalue weighted by molar-refractivity contribution is -0.133. The molecule has 1 saturated heterocycles. The summed E-state index contributed by atoms with van der Waals surface area (Å²) in [6.45, 7) is 6.74. The van der Waals surface area contributed by atoms with Gasteiger partial charge in [0.1, 0.15) is 13.2 Å². The summed E-state index contributed by atoms with van der Waals surface area (Å²) in [7, 11) is 0. The number of benzene rings is 1. The van der Waals surface area contributed by atoms with E-state index in [0.717, 1.165) is 41.9 Å². The molecule has 2 heterocycles. The molecule has 0 spiro atoms. The third-order valence-corrected chi connectivity index (χ3v) is 5.01. The van der Waals surface area contributed by atoms with Gasteiger partial charge in [0.15, 0.2) is 11.5 Å². The number of carbonyl (C=O) groups is 2. The number of carbonyl (C=O) groups excluding carboxylic acids is 2. The number of nitrogens with one attached hydrogen (secondary N) is 1. The Kier molecular flexibility index (Phi) is 5.46. The van der Waals surface area contributed by atoms with Gasteiger partial charge in [0, 0.05) is 32.5 Å². The maximum absolute atomic E-state index is 12.3. The molecular weight excluding hydrogens is 320 g/mol. The monoisotopic (exact) mass is 346 g/mol. The standard InChI is InChI=1S/C19H26N2O4/c1-13-11-17-18(25-10-9-24-17)12-16(13)3-6-20-19(23)15-4-7-21(8-5-15)14(2)22/h11-12,15H,3-10H2,1-2H3,(H,20,23). The van der Waals surface area contributed by atoms with Crippen LogP contribution in [0.5, 0.6) is 11.5 Å². The maximum Gasteiger partial charge on any atom is 0.223 e. The highest BCUT2D eigenvalue weighted by atomic mass is 16.6. The SMILES string of the molecule is CC(=O)N1CCC(C(=O)NCCc2cc3c(cc2C)OCCO3)CC1. The van der Waals surface area contributed by atoms with Crippen LogP contribution in [0, 0.1) is 12.8 Å². The van der Waals surface area contributed by atoms with Gasteiger partial charge in [-0.1, -0.05) is 0 Å². The Morgan fingerprint density at radius 2 is 1.80 bits per heavy atom. The summed E-state index contributed by atoms with van der Waals surface area (Å²) in [5, 5.41) is 3.04. The first-order valence-electron chi connectivity index (χ1n) is 8.97. The lowest BCUT2D eigenvalue weighted by Crippen LogP contribution is -2.42. The summed E-state index contributed by atoms with van der Waals surface area (Å²) < 4.78 is 11.2. The highest BCUT2D eigenvalue weighted by Gasteiger charge is 2.25. The summed E-state index contributed by atoms with van der Waals surface area (Å²) in [4.78, 5) is 25.5. The zero-order valence-electron chi connectivity index (χ0n) is 15.0.